The van der Waals surface area contributed by atoms with E-state index in [0.717, 1.165) is 0 Å². The van der Waals surface area contributed by atoms with E-state index in [1.807, 2.05) is 0 Å². The molecule has 1 aromatic heterocycles. The van der Waals surface area contributed by atoms with Crippen molar-refractivity contribution >= 4 is 18.9 Å². The predicted molar refractivity (Wildman–Crippen MR) is 43.7 cm³/mol. The molecule has 0 saturated carbocycles. The monoisotopic (exact) mass is 151 g/mol. The fraction of sp³-hybridized carbons (Fsp3) is 0.286. The van der Waals surface area contributed by atoms with Crippen molar-refractivity contribution in [3.05, 3.63) is 11.7 Å². The summed E-state index contributed by atoms with van der Waals surface area (Å²) in [7, 11) is 0. The van der Waals surface area contributed by atoms with Gasteiger partial charge < -0.3 is 4.42 Å². The van der Waals surface area contributed by atoms with Gasteiger partial charge >= 0.3 is 0 Å². The van der Waals surface area contributed by atoms with Crippen molar-refractivity contribution in [3.8, 4) is 0 Å². The highest BCUT2D eigenvalue weighted by atomic mass is 16.4. The summed E-state index contributed by atoms with van der Waals surface area (Å²) < 4.78 is 5.12. The summed E-state index contributed by atoms with van der Waals surface area (Å²) in [5, 5.41) is 0. The molecular formula is C7H9N3O. The topological polar surface area (TPSA) is 50.8 Å². The first-order valence-electron chi connectivity index (χ1n) is 3.16. The number of aromatic nitrogens is 1. The van der Waals surface area contributed by atoms with E-state index in [1.54, 1.807) is 13.8 Å². The van der Waals surface area contributed by atoms with Crippen LogP contribution in [0.4, 0.5) is 5.82 Å². The van der Waals surface area contributed by atoms with Gasteiger partial charge in [0.15, 0.2) is 11.7 Å². The van der Waals surface area contributed by atoms with Crippen LogP contribution in [-0.2, 0) is 0 Å². The minimum absolute atomic E-state index is 0.565. The summed E-state index contributed by atoms with van der Waals surface area (Å²) in [6.07, 6.45) is 1.34. The molecule has 0 saturated heterocycles. The van der Waals surface area contributed by atoms with Crippen molar-refractivity contribution in [2.45, 2.75) is 13.8 Å². The fourth-order valence-electron chi connectivity index (χ4n) is 0.733. The van der Waals surface area contributed by atoms with Gasteiger partial charge in [-0.25, -0.2) is 4.99 Å². The zero-order valence-corrected chi connectivity index (χ0v) is 6.53. The van der Waals surface area contributed by atoms with Gasteiger partial charge in [0.05, 0.1) is 0 Å². The lowest BCUT2D eigenvalue weighted by atomic mass is 10.5. The third-order valence-corrected chi connectivity index (χ3v) is 1.14. The molecule has 0 spiro atoms. The first-order valence-corrected chi connectivity index (χ1v) is 3.16. The van der Waals surface area contributed by atoms with Crippen molar-refractivity contribution in [1.82, 2.24) is 4.98 Å². The van der Waals surface area contributed by atoms with Crippen molar-refractivity contribution in [2.75, 3.05) is 0 Å². The quantitative estimate of drug-likeness (QED) is 0.476. The number of aliphatic imine (C=N–C) groups is 2. The zero-order chi connectivity index (χ0) is 8.27. The van der Waals surface area contributed by atoms with E-state index < -0.39 is 0 Å². The molecule has 0 amide bonds. The van der Waals surface area contributed by atoms with Crippen LogP contribution >= 0.6 is 0 Å². The Morgan fingerprint density at radius 2 is 2.27 bits per heavy atom. The van der Waals surface area contributed by atoms with Gasteiger partial charge in [-0.2, -0.15) is 4.98 Å². The molecule has 58 valence electrons. The van der Waals surface area contributed by atoms with Gasteiger partial charge in [-0.3, -0.25) is 4.99 Å². The largest absolute Gasteiger partial charge is 0.444 e. The molecule has 0 fully saturated rings. The second-order valence-electron chi connectivity index (χ2n) is 2.04. The van der Waals surface area contributed by atoms with Gasteiger partial charge in [0.1, 0.15) is 12.1 Å². The Hall–Kier alpha value is -1.45. The van der Waals surface area contributed by atoms with Gasteiger partial charge in [-0.1, -0.05) is 0 Å². The first kappa shape index (κ1) is 7.65. The lowest BCUT2D eigenvalue weighted by Gasteiger charge is -1.81. The van der Waals surface area contributed by atoms with Crippen molar-refractivity contribution in [1.29, 1.82) is 0 Å². The van der Waals surface area contributed by atoms with E-state index in [4.69, 9.17) is 4.42 Å². The van der Waals surface area contributed by atoms with E-state index in [-0.39, 0.29) is 0 Å². The van der Waals surface area contributed by atoms with Crippen molar-refractivity contribution in [3.63, 3.8) is 0 Å². The number of hydrogen-bond acceptors (Lipinski definition) is 3. The Morgan fingerprint density at radius 3 is 2.73 bits per heavy atom. The molecule has 0 aliphatic heterocycles. The molecule has 4 nitrogen and oxygen atoms in total. The Kier molecular flexibility index (Phi) is 2.15. The van der Waals surface area contributed by atoms with Crippen LogP contribution in [0.1, 0.15) is 11.7 Å². The normalized spacial score (nSPS) is 10.7. The van der Waals surface area contributed by atoms with Crippen molar-refractivity contribution in [2.24, 2.45) is 9.98 Å². The van der Waals surface area contributed by atoms with Crippen LogP contribution in [0.2, 0.25) is 0 Å². The average molecular weight is 151 g/mol. The Morgan fingerprint density at radius 1 is 1.55 bits per heavy atom. The van der Waals surface area contributed by atoms with Gasteiger partial charge in [-0.15, -0.1) is 0 Å². The molecule has 1 heterocycles. The molecule has 0 N–H and O–H groups in total. The summed E-state index contributed by atoms with van der Waals surface area (Å²) in [5.74, 6) is 1.87. The molecule has 0 aliphatic carbocycles. The molecule has 0 bridgehead atoms. The molecule has 0 atom stereocenters. The molecule has 1 aromatic rings. The van der Waals surface area contributed by atoms with E-state index >= 15 is 0 Å². The smallest absolute Gasteiger partial charge is 0.195 e. The summed E-state index contributed by atoms with van der Waals surface area (Å²) in [4.78, 5) is 11.3. The minimum atomic E-state index is 0.565. The maximum Gasteiger partial charge on any atom is 0.195 e. The van der Waals surface area contributed by atoms with E-state index in [1.165, 1.54) is 6.34 Å². The Labute approximate surface area is 64.7 Å². The molecule has 4 heteroatoms. The Bertz CT molecular complexity index is 288. The molecule has 1 rings (SSSR count). The molecule has 0 aliphatic rings. The molecule has 11 heavy (non-hydrogen) atoms. The number of hydrogen-bond donors (Lipinski definition) is 0. The third kappa shape index (κ3) is 1.73. The van der Waals surface area contributed by atoms with Gasteiger partial charge in [0, 0.05) is 6.92 Å². The second-order valence-corrected chi connectivity index (χ2v) is 2.04. The first-order chi connectivity index (χ1) is 5.24. The van der Waals surface area contributed by atoms with Gasteiger partial charge in [0.2, 0.25) is 0 Å². The highest BCUT2D eigenvalue weighted by Gasteiger charge is 2.02. The highest BCUT2D eigenvalue weighted by molar-refractivity contribution is 5.65. The number of rotatable bonds is 2. The SMILES string of the molecule is C=N/C=N\c1nc(C)oc1C. The summed E-state index contributed by atoms with van der Waals surface area (Å²) in [5.41, 5.74) is 0. The molecule has 0 aromatic carbocycles. The molecule has 0 unspecified atom stereocenters. The fourth-order valence-corrected chi connectivity index (χ4v) is 0.733. The lowest BCUT2D eigenvalue weighted by Crippen LogP contribution is -1.69. The van der Waals surface area contributed by atoms with E-state index in [0.29, 0.717) is 17.5 Å². The maximum absolute atomic E-state index is 5.12. The number of aryl methyl sites for hydroxylation is 2. The van der Waals surface area contributed by atoms with Crippen LogP contribution in [0.15, 0.2) is 14.4 Å². The summed E-state index contributed by atoms with van der Waals surface area (Å²) in [6, 6.07) is 0. The summed E-state index contributed by atoms with van der Waals surface area (Å²) >= 11 is 0. The maximum atomic E-state index is 5.12. The molecule has 0 radical (unpaired) electrons. The van der Waals surface area contributed by atoms with Gasteiger partial charge in [-0.05, 0) is 13.6 Å². The van der Waals surface area contributed by atoms with Crippen LogP contribution < -0.4 is 0 Å². The van der Waals surface area contributed by atoms with E-state index in [9.17, 15) is 0 Å². The number of oxazole rings is 1. The second kappa shape index (κ2) is 3.09. The lowest BCUT2D eigenvalue weighted by molar-refractivity contribution is 0.494. The Balaban J connectivity index is 2.93. The molecular weight excluding hydrogens is 142 g/mol. The third-order valence-electron chi connectivity index (χ3n) is 1.14. The van der Waals surface area contributed by atoms with Crippen LogP contribution in [-0.4, -0.2) is 18.0 Å². The van der Waals surface area contributed by atoms with Crippen LogP contribution in [0.25, 0.3) is 0 Å². The van der Waals surface area contributed by atoms with E-state index in [2.05, 4.69) is 21.7 Å². The predicted octanol–water partition coefficient (Wildman–Crippen LogP) is 1.65. The van der Waals surface area contributed by atoms with Crippen LogP contribution in [0.5, 0.6) is 0 Å². The summed E-state index contributed by atoms with van der Waals surface area (Å²) in [6.45, 7) is 6.83. The zero-order valence-electron chi connectivity index (χ0n) is 6.53. The average Bonchev–Trinajstić information content (AvgIpc) is 2.26. The number of nitrogens with zero attached hydrogens (tertiary/aromatic N) is 3. The van der Waals surface area contributed by atoms with Crippen molar-refractivity contribution < 1.29 is 4.42 Å². The minimum Gasteiger partial charge on any atom is -0.444 e. The van der Waals surface area contributed by atoms with Crippen LogP contribution in [0, 0.1) is 13.8 Å². The standard InChI is InChI=1S/C7H9N3O/c1-5-7(9-4-8-3)10-6(2)11-5/h4H,3H2,1-2H3/b9-4-. The highest BCUT2D eigenvalue weighted by Crippen LogP contribution is 2.16. The van der Waals surface area contributed by atoms with Gasteiger partial charge in [0.25, 0.3) is 0 Å². The van der Waals surface area contributed by atoms with Crippen LogP contribution in [0.3, 0.4) is 0 Å².